The number of hydrogen-bond donors (Lipinski definition) is 0. The fourth-order valence-corrected chi connectivity index (χ4v) is 3.34. The maximum atomic E-state index is 12.3. The van der Waals surface area contributed by atoms with Gasteiger partial charge in [0, 0.05) is 19.0 Å². The molecule has 90 valence electrons. The minimum atomic E-state index is 0.272. The SMILES string of the molecule is CCC1CN(C(=O)C2CC3CC3C2)CCO1. The smallest absolute Gasteiger partial charge is 0.225 e. The van der Waals surface area contributed by atoms with Crippen LogP contribution in [0.15, 0.2) is 0 Å². The van der Waals surface area contributed by atoms with Crippen LogP contribution >= 0.6 is 0 Å². The monoisotopic (exact) mass is 223 g/mol. The zero-order chi connectivity index (χ0) is 11.1. The highest BCUT2D eigenvalue weighted by Crippen LogP contribution is 2.54. The van der Waals surface area contributed by atoms with Gasteiger partial charge >= 0.3 is 0 Å². The van der Waals surface area contributed by atoms with Gasteiger partial charge in [-0.1, -0.05) is 6.92 Å². The lowest BCUT2D eigenvalue weighted by molar-refractivity contribution is -0.143. The molecule has 1 heterocycles. The van der Waals surface area contributed by atoms with Crippen LogP contribution in [0, 0.1) is 17.8 Å². The van der Waals surface area contributed by atoms with E-state index >= 15 is 0 Å². The molecule has 3 rings (SSSR count). The second kappa shape index (κ2) is 4.02. The molecular formula is C13H21NO2. The molecule has 0 N–H and O–H groups in total. The third-order valence-electron chi connectivity index (χ3n) is 4.50. The van der Waals surface area contributed by atoms with Crippen molar-refractivity contribution in [3.8, 4) is 0 Å². The Balaban J connectivity index is 1.57. The summed E-state index contributed by atoms with van der Waals surface area (Å²) in [5.74, 6) is 2.56. The van der Waals surface area contributed by atoms with Crippen molar-refractivity contribution in [2.24, 2.45) is 17.8 Å². The number of nitrogens with zero attached hydrogens (tertiary/aromatic N) is 1. The first-order chi connectivity index (χ1) is 7.78. The molecule has 0 bridgehead atoms. The lowest BCUT2D eigenvalue weighted by Crippen LogP contribution is -2.47. The van der Waals surface area contributed by atoms with Crippen LogP contribution < -0.4 is 0 Å². The normalized spacial score (nSPS) is 41.9. The van der Waals surface area contributed by atoms with Gasteiger partial charge in [0.25, 0.3) is 0 Å². The van der Waals surface area contributed by atoms with Gasteiger partial charge in [-0.25, -0.2) is 0 Å². The minimum absolute atomic E-state index is 0.272. The number of fused-ring (bicyclic) bond motifs is 1. The Morgan fingerprint density at radius 3 is 2.75 bits per heavy atom. The number of hydrogen-bond acceptors (Lipinski definition) is 2. The van der Waals surface area contributed by atoms with Crippen LogP contribution in [0.4, 0.5) is 0 Å². The van der Waals surface area contributed by atoms with Gasteiger partial charge in [-0.05, 0) is 37.5 Å². The number of ether oxygens (including phenoxy) is 1. The van der Waals surface area contributed by atoms with E-state index in [-0.39, 0.29) is 6.10 Å². The van der Waals surface area contributed by atoms with Crippen molar-refractivity contribution >= 4 is 5.91 Å². The van der Waals surface area contributed by atoms with Crippen molar-refractivity contribution < 1.29 is 9.53 Å². The predicted molar refractivity (Wildman–Crippen MR) is 60.9 cm³/mol. The second-order valence-corrected chi connectivity index (χ2v) is 5.61. The van der Waals surface area contributed by atoms with E-state index in [2.05, 4.69) is 6.92 Å². The Hall–Kier alpha value is -0.570. The van der Waals surface area contributed by atoms with Gasteiger partial charge in [0.15, 0.2) is 0 Å². The molecule has 0 aromatic rings. The van der Waals surface area contributed by atoms with Gasteiger partial charge in [0.1, 0.15) is 0 Å². The van der Waals surface area contributed by atoms with Crippen LogP contribution in [0.2, 0.25) is 0 Å². The summed E-state index contributed by atoms with van der Waals surface area (Å²) >= 11 is 0. The molecule has 2 aliphatic carbocycles. The highest BCUT2D eigenvalue weighted by molar-refractivity contribution is 5.79. The maximum Gasteiger partial charge on any atom is 0.225 e. The predicted octanol–water partition coefficient (Wildman–Crippen LogP) is 1.67. The average Bonchev–Trinajstić information content (AvgIpc) is 2.95. The average molecular weight is 223 g/mol. The fraction of sp³-hybridized carbons (Fsp3) is 0.923. The number of rotatable bonds is 2. The summed E-state index contributed by atoms with van der Waals surface area (Å²) in [4.78, 5) is 14.3. The molecule has 3 fully saturated rings. The van der Waals surface area contributed by atoms with Crippen LogP contribution in [0.25, 0.3) is 0 Å². The van der Waals surface area contributed by atoms with E-state index in [0.29, 0.717) is 11.8 Å². The van der Waals surface area contributed by atoms with Gasteiger partial charge in [0.05, 0.1) is 12.7 Å². The van der Waals surface area contributed by atoms with Crippen LogP contribution in [-0.4, -0.2) is 36.6 Å². The number of carbonyl (C=O) groups is 1. The summed E-state index contributed by atoms with van der Waals surface area (Å²) in [6.07, 6.45) is 5.01. The lowest BCUT2D eigenvalue weighted by atomic mass is 10.0. The van der Waals surface area contributed by atoms with Gasteiger partial charge in [-0.3, -0.25) is 4.79 Å². The van der Waals surface area contributed by atoms with Gasteiger partial charge in [0.2, 0.25) is 5.91 Å². The summed E-state index contributed by atoms with van der Waals surface area (Å²) in [6, 6.07) is 0. The number of morpholine rings is 1. The molecule has 3 heteroatoms. The minimum Gasteiger partial charge on any atom is -0.375 e. The first kappa shape index (κ1) is 10.6. The van der Waals surface area contributed by atoms with Crippen molar-refractivity contribution in [1.29, 1.82) is 0 Å². The number of amides is 1. The summed E-state index contributed by atoms with van der Waals surface area (Å²) in [5, 5.41) is 0. The fourth-order valence-electron chi connectivity index (χ4n) is 3.34. The van der Waals surface area contributed by atoms with E-state index in [4.69, 9.17) is 4.74 Å². The summed E-state index contributed by atoms with van der Waals surface area (Å²) in [6.45, 7) is 4.48. The lowest BCUT2D eigenvalue weighted by Gasteiger charge is -2.34. The van der Waals surface area contributed by atoms with E-state index in [0.717, 1.165) is 50.8 Å². The molecule has 0 aromatic heterocycles. The molecule has 3 atom stereocenters. The Morgan fingerprint density at radius 1 is 1.31 bits per heavy atom. The van der Waals surface area contributed by atoms with Crippen molar-refractivity contribution in [1.82, 2.24) is 4.90 Å². The Kier molecular flexibility index (Phi) is 2.66. The molecule has 0 aromatic carbocycles. The Labute approximate surface area is 97.1 Å². The summed E-state index contributed by atoms with van der Waals surface area (Å²) < 4.78 is 5.61. The Bertz CT molecular complexity index is 282. The van der Waals surface area contributed by atoms with E-state index in [9.17, 15) is 4.79 Å². The molecule has 16 heavy (non-hydrogen) atoms. The van der Waals surface area contributed by atoms with E-state index in [1.807, 2.05) is 4.90 Å². The van der Waals surface area contributed by atoms with Gasteiger partial charge < -0.3 is 9.64 Å². The topological polar surface area (TPSA) is 29.5 Å². The third-order valence-corrected chi connectivity index (χ3v) is 4.50. The quantitative estimate of drug-likeness (QED) is 0.712. The van der Waals surface area contributed by atoms with Gasteiger partial charge in [-0.15, -0.1) is 0 Å². The van der Waals surface area contributed by atoms with Crippen LogP contribution in [0.3, 0.4) is 0 Å². The summed E-state index contributed by atoms with van der Waals surface area (Å²) in [7, 11) is 0. The van der Waals surface area contributed by atoms with Crippen LogP contribution in [0.1, 0.15) is 32.6 Å². The molecule has 3 nitrogen and oxygen atoms in total. The molecule has 0 radical (unpaired) electrons. The molecule has 3 unspecified atom stereocenters. The standard InChI is InChI=1S/C13H21NO2/c1-2-12-8-14(3-4-16-12)13(15)11-6-9-5-10(9)7-11/h9-12H,2-8H2,1H3. The van der Waals surface area contributed by atoms with Crippen molar-refractivity contribution in [2.45, 2.75) is 38.7 Å². The van der Waals surface area contributed by atoms with Gasteiger partial charge in [-0.2, -0.15) is 0 Å². The number of carbonyl (C=O) groups excluding carboxylic acids is 1. The first-order valence-electron chi connectivity index (χ1n) is 6.68. The second-order valence-electron chi connectivity index (χ2n) is 5.61. The third kappa shape index (κ3) is 1.86. The molecule has 1 saturated heterocycles. The molecule has 3 aliphatic rings. The van der Waals surface area contributed by atoms with Crippen LogP contribution in [0.5, 0.6) is 0 Å². The van der Waals surface area contributed by atoms with E-state index in [1.165, 1.54) is 6.42 Å². The van der Waals surface area contributed by atoms with E-state index < -0.39 is 0 Å². The van der Waals surface area contributed by atoms with Crippen molar-refractivity contribution in [2.75, 3.05) is 19.7 Å². The molecule has 2 saturated carbocycles. The highest BCUT2D eigenvalue weighted by atomic mass is 16.5. The van der Waals surface area contributed by atoms with E-state index in [1.54, 1.807) is 0 Å². The van der Waals surface area contributed by atoms with Crippen molar-refractivity contribution in [3.05, 3.63) is 0 Å². The maximum absolute atomic E-state index is 12.3. The highest BCUT2D eigenvalue weighted by Gasteiger charge is 2.49. The molecule has 1 amide bonds. The zero-order valence-corrected chi connectivity index (χ0v) is 10.0. The summed E-state index contributed by atoms with van der Waals surface area (Å²) in [5.41, 5.74) is 0. The first-order valence-corrected chi connectivity index (χ1v) is 6.68. The largest absolute Gasteiger partial charge is 0.375 e. The van der Waals surface area contributed by atoms with Crippen LogP contribution in [-0.2, 0) is 9.53 Å². The molecular weight excluding hydrogens is 202 g/mol. The van der Waals surface area contributed by atoms with Crippen molar-refractivity contribution in [3.63, 3.8) is 0 Å². The molecule has 1 aliphatic heterocycles. The Morgan fingerprint density at radius 2 is 2.06 bits per heavy atom. The zero-order valence-electron chi connectivity index (χ0n) is 10.0. The molecule has 0 spiro atoms.